The SMILES string of the molecule is Cc1cc(O[C@H]2C(C)(C)[C@H](NC(=O)c3ccc(N4CCN(CCOCC(=O)N[C@H](C(O)N5C[C@H](O)C[C@H]5C(=O)N[C@@H](C)c5ccc(-c6scnc6C)cc5)C(C)(C)C)CC4)nc3)C2(C)C)ccc1C#N. The second-order valence-electron chi connectivity index (χ2n) is 21.5. The van der Waals surface area contributed by atoms with Gasteiger partial charge in [0, 0.05) is 62.3 Å². The molecule has 5 N–H and O–H groups in total. The number of aliphatic hydroxyl groups is 2. The minimum atomic E-state index is -1.25. The van der Waals surface area contributed by atoms with Crippen molar-refractivity contribution >= 4 is 34.9 Å². The summed E-state index contributed by atoms with van der Waals surface area (Å²) < 4.78 is 12.3. The van der Waals surface area contributed by atoms with Crippen molar-refractivity contribution in [2.45, 2.75) is 118 Å². The molecule has 2 saturated heterocycles. The number of aromatic nitrogens is 2. The van der Waals surface area contributed by atoms with Gasteiger partial charge in [-0.3, -0.25) is 24.2 Å². The number of nitrogens with one attached hydrogen (secondary N) is 3. The number of rotatable bonds is 17. The number of ether oxygens (including phenoxy) is 2. The molecule has 1 aliphatic carbocycles. The highest BCUT2D eigenvalue weighted by molar-refractivity contribution is 7.13. The zero-order valence-electron chi connectivity index (χ0n) is 42.3. The summed E-state index contributed by atoms with van der Waals surface area (Å²) in [5.41, 5.74) is 5.43. The fourth-order valence-corrected chi connectivity index (χ4v) is 11.5. The van der Waals surface area contributed by atoms with Crippen LogP contribution in [-0.2, 0) is 14.3 Å². The first-order valence-corrected chi connectivity index (χ1v) is 25.2. The number of anilines is 1. The maximum atomic E-state index is 13.7. The number of aliphatic hydroxyl groups excluding tert-OH is 2. The zero-order valence-corrected chi connectivity index (χ0v) is 43.1. The molecule has 2 aromatic carbocycles. The van der Waals surface area contributed by atoms with Crippen LogP contribution in [0.25, 0.3) is 10.4 Å². The molecular formula is C53H71N9O7S. The monoisotopic (exact) mass is 978 g/mol. The van der Waals surface area contributed by atoms with Crippen LogP contribution in [0.5, 0.6) is 5.75 Å². The molecule has 3 fully saturated rings. The van der Waals surface area contributed by atoms with E-state index in [1.165, 1.54) is 0 Å². The quantitative estimate of drug-likeness (QED) is 0.0818. The highest BCUT2D eigenvalue weighted by Crippen LogP contribution is 2.55. The summed E-state index contributed by atoms with van der Waals surface area (Å²) in [6.07, 6.45) is -0.442. The van der Waals surface area contributed by atoms with Gasteiger partial charge in [-0.1, -0.05) is 72.7 Å². The minimum Gasteiger partial charge on any atom is -0.489 e. The number of benzene rings is 2. The lowest BCUT2D eigenvalue weighted by Gasteiger charge is -2.63. The van der Waals surface area contributed by atoms with Crippen molar-refractivity contribution in [1.82, 2.24) is 35.7 Å². The van der Waals surface area contributed by atoms with Crippen LogP contribution in [0.2, 0.25) is 0 Å². The summed E-state index contributed by atoms with van der Waals surface area (Å²) in [6, 6.07) is 17.4. The molecule has 3 amide bonds. The third kappa shape index (κ3) is 11.6. The van der Waals surface area contributed by atoms with E-state index in [-0.39, 0.29) is 66.3 Å². The van der Waals surface area contributed by atoms with Crippen LogP contribution in [-0.4, -0.2) is 137 Å². The second-order valence-corrected chi connectivity index (χ2v) is 22.3. The predicted octanol–water partition coefficient (Wildman–Crippen LogP) is 5.61. The van der Waals surface area contributed by atoms with Crippen LogP contribution in [0.4, 0.5) is 5.82 Å². The van der Waals surface area contributed by atoms with E-state index >= 15 is 0 Å². The van der Waals surface area contributed by atoms with Gasteiger partial charge in [0.15, 0.2) is 0 Å². The van der Waals surface area contributed by atoms with Crippen molar-refractivity contribution in [3.05, 3.63) is 94.3 Å². The molecule has 16 nitrogen and oxygen atoms in total. The van der Waals surface area contributed by atoms with E-state index in [1.54, 1.807) is 28.5 Å². The number of thiazole rings is 1. The molecule has 376 valence electrons. The van der Waals surface area contributed by atoms with Gasteiger partial charge >= 0.3 is 0 Å². The van der Waals surface area contributed by atoms with Crippen LogP contribution < -0.4 is 25.6 Å². The molecule has 17 heteroatoms. The van der Waals surface area contributed by atoms with Gasteiger partial charge in [-0.05, 0) is 79.6 Å². The molecule has 1 saturated carbocycles. The number of pyridine rings is 1. The van der Waals surface area contributed by atoms with Crippen LogP contribution in [0.3, 0.4) is 0 Å². The lowest BCUT2D eigenvalue weighted by atomic mass is 9.49. The number of amides is 3. The molecule has 7 rings (SSSR count). The molecule has 2 aromatic heterocycles. The van der Waals surface area contributed by atoms with Crippen molar-refractivity contribution in [2.75, 3.05) is 57.4 Å². The van der Waals surface area contributed by atoms with Crippen molar-refractivity contribution in [2.24, 2.45) is 16.2 Å². The van der Waals surface area contributed by atoms with Crippen LogP contribution in [0.1, 0.15) is 101 Å². The number of nitriles is 1. The van der Waals surface area contributed by atoms with Gasteiger partial charge in [-0.25, -0.2) is 9.97 Å². The minimum absolute atomic E-state index is 0.0833. The Hall–Kier alpha value is -5.48. The summed E-state index contributed by atoms with van der Waals surface area (Å²) in [5, 5.41) is 41.1. The van der Waals surface area contributed by atoms with Crippen molar-refractivity contribution in [1.29, 1.82) is 5.26 Å². The smallest absolute Gasteiger partial charge is 0.253 e. The van der Waals surface area contributed by atoms with Crippen molar-refractivity contribution in [3.8, 4) is 22.3 Å². The number of β-amino-alcohol motifs (C(OH)–C–C–N with tert-alkyl or cyclic N) is 1. The first-order valence-electron chi connectivity index (χ1n) is 24.3. The van der Waals surface area contributed by atoms with Crippen LogP contribution in [0, 0.1) is 41.4 Å². The van der Waals surface area contributed by atoms with Gasteiger partial charge in [0.2, 0.25) is 11.8 Å². The molecule has 5 atom stereocenters. The summed E-state index contributed by atoms with van der Waals surface area (Å²) in [6.45, 7) is 23.8. The maximum Gasteiger partial charge on any atom is 0.253 e. The van der Waals surface area contributed by atoms with E-state index in [4.69, 9.17) is 9.47 Å². The van der Waals surface area contributed by atoms with E-state index < -0.39 is 29.8 Å². The Kier molecular flexibility index (Phi) is 16.1. The highest BCUT2D eigenvalue weighted by Gasteiger charge is 2.64. The lowest BCUT2D eigenvalue weighted by molar-refractivity contribution is -0.164. The van der Waals surface area contributed by atoms with E-state index in [0.717, 1.165) is 59.3 Å². The van der Waals surface area contributed by atoms with Crippen LogP contribution in [0.15, 0.2) is 66.3 Å². The average molecular weight is 978 g/mol. The zero-order chi connectivity index (χ0) is 50.7. The van der Waals surface area contributed by atoms with E-state index in [0.29, 0.717) is 30.0 Å². The molecular weight excluding hydrogens is 907 g/mol. The normalized spacial score (nSPS) is 22.5. The fraction of sp³-hybridized carbons (Fsp3) is 0.547. The van der Waals surface area contributed by atoms with Gasteiger partial charge < -0.3 is 40.5 Å². The van der Waals surface area contributed by atoms with Gasteiger partial charge in [-0.2, -0.15) is 5.26 Å². The predicted molar refractivity (Wildman–Crippen MR) is 270 cm³/mol. The Bertz CT molecular complexity index is 2490. The van der Waals surface area contributed by atoms with Crippen molar-refractivity contribution in [3.63, 3.8) is 0 Å². The Labute approximate surface area is 416 Å². The molecule has 0 spiro atoms. The first kappa shape index (κ1) is 52.3. The summed E-state index contributed by atoms with van der Waals surface area (Å²) >= 11 is 1.58. The molecule has 70 heavy (non-hydrogen) atoms. The molecule has 2 aliphatic heterocycles. The van der Waals surface area contributed by atoms with Gasteiger partial charge in [-0.15, -0.1) is 11.3 Å². The average Bonchev–Trinajstić information content (AvgIpc) is 3.95. The lowest BCUT2D eigenvalue weighted by Crippen LogP contribution is -2.74. The number of aryl methyl sites for hydroxylation is 2. The topological polar surface area (TPSA) is 206 Å². The first-order chi connectivity index (χ1) is 33.1. The molecule has 0 radical (unpaired) electrons. The Morgan fingerprint density at radius 3 is 2.27 bits per heavy atom. The van der Waals surface area contributed by atoms with Gasteiger partial charge in [0.25, 0.3) is 5.91 Å². The van der Waals surface area contributed by atoms with Crippen molar-refractivity contribution < 1.29 is 34.1 Å². The maximum absolute atomic E-state index is 13.7. The summed E-state index contributed by atoms with van der Waals surface area (Å²) in [7, 11) is 0. The summed E-state index contributed by atoms with van der Waals surface area (Å²) in [4.78, 5) is 56.7. The second kappa shape index (κ2) is 21.5. The Balaban J connectivity index is 0.830. The third-order valence-corrected chi connectivity index (χ3v) is 15.4. The van der Waals surface area contributed by atoms with E-state index in [9.17, 15) is 29.9 Å². The molecule has 1 unspecified atom stereocenters. The number of hydrogen-bond acceptors (Lipinski definition) is 14. The molecule has 0 bridgehead atoms. The van der Waals surface area contributed by atoms with Gasteiger partial charge in [0.1, 0.15) is 30.5 Å². The number of hydrogen-bond donors (Lipinski definition) is 5. The highest BCUT2D eigenvalue weighted by atomic mass is 32.1. The van der Waals surface area contributed by atoms with Gasteiger partial charge in [0.05, 0.1) is 64.1 Å². The number of piperazine rings is 1. The largest absolute Gasteiger partial charge is 0.489 e. The molecule has 3 aliphatic rings. The third-order valence-electron chi connectivity index (χ3n) is 14.5. The van der Waals surface area contributed by atoms with E-state index in [2.05, 4.69) is 69.5 Å². The number of carbonyl (C=O) groups is 3. The number of carbonyl (C=O) groups excluding carboxylic acids is 3. The Morgan fingerprint density at radius 2 is 1.67 bits per heavy atom. The number of nitrogens with zero attached hydrogens (tertiary/aromatic N) is 6. The Morgan fingerprint density at radius 1 is 0.971 bits per heavy atom. The standard InChI is InChI=1S/C53H71N9O7S/c1-32-25-40(17-15-37(32)27-54)69-50-52(7,8)49(53(50,9)10)59-46(65)38-16-18-42(55-28-38)61-21-19-60(20-22-61)23-24-68-30-43(64)58-45(51(4,5)6)48(67)62-29-39(63)26-41(62)47(66)57-33(2)35-11-13-36(14-12-35)44-34(3)56-31-70-44/h11-18,25,28,31,33,39,41,45,48-50,63,67H,19-24,26,29-30H2,1-10H3,(H,57,66)(H,58,64)(H,59,65)/t33-,39+,41-,45+,48?,49-,50-/m0/s1. The molecule has 4 heterocycles. The van der Waals surface area contributed by atoms with E-state index in [1.807, 2.05) is 95.6 Å². The fourth-order valence-electron chi connectivity index (χ4n) is 10.7. The molecule has 4 aromatic rings. The van der Waals surface area contributed by atoms with Crippen LogP contribution >= 0.6 is 11.3 Å². The summed E-state index contributed by atoms with van der Waals surface area (Å²) in [5.74, 6) is 0.626. The number of likely N-dealkylation sites (tertiary alicyclic amines) is 1.